The zero-order valence-electron chi connectivity index (χ0n) is 15.7. The number of ether oxygens (including phenoxy) is 2. The lowest BCUT2D eigenvalue weighted by molar-refractivity contribution is -0.132. The molecule has 2 aliphatic heterocycles. The standard InChI is InChI=1S/C21H23N3O4/c25-18(17-2-1-7-22-13-17)4-6-21(26)24-10-8-23(9-11-24)14-16-3-5-19-20(12-16)28-15-27-19/h1-3,5,7,12-13H,4,6,8-11,14-15H2. The van der Waals surface area contributed by atoms with Crippen molar-refractivity contribution < 1.29 is 19.1 Å². The Morgan fingerprint density at radius 1 is 1.00 bits per heavy atom. The van der Waals surface area contributed by atoms with E-state index < -0.39 is 0 Å². The van der Waals surface area contributed by atoms with Gasteiger partial charge >= 0.3 is 0 Å². The molecule has 0 unspecified atom stereocenters. The molecule has 28 heavy (non-hydrogen) atoms. The third kappa shape index (κ3) is 4.31. The van der Waals surface area contributed by atoms with Crippen LogP contribution in [0.2, 0.25) is 0 Å². The molecule has 0 radical (unpaired) electrons. The minimum absolute atomic E-state index is 0.0390. The van der Waals surface area contributed by atoms with E-state index in [1.807, 2.05) is 17.0 Å². The molecule has 0 aliphatic carbocycles. The lowest BCUT2D eigenvalue weighted by Gasteiger charge is -2.34. The van der Waals surface area contributed by atoms with Crippen LogP contribution < -0.4 is 9.47 Å². The Kier molecular flexibility index (Phi) is 5.53. The van der Waals surface area contributed by atoms with E-state index in [2.05, 4.69) is 16.0 Å². The van der Waals surface area contributed by atoms with Gasteiger partial charge in [0.25, 0.3) is 0 Å². The number of hydrogen-bond acceptors (Lipinski definition) is 6. The molecule has 3 heterocycles. The largest absolute Gasteiger partial charge is 0.454 e. The number of piperazine rings is 1. The summed E-state index contributed by atoms with van der Waals surface area (Å²) in [7, 11) is 0. The molecule has 0 spiro atoms. The topological polar surface area (TPSA) is 72.0 Å². The summed E-state index contributed by atoms with van der Waals surface area (Å²) < 4.78 is 10.8. The number of amides is 1. The van der Waals surface area contributed by atoms with Gasteiger partial charge in [0.1, 0.15) is 0 Å². The summed E-state index contributed by atoms with van der Waals surface area (Å²) in [5, 5.41) is 0. The molecule has 7 nitrogen and oxygen atoms in total. The summed E-state index contributed by atoms with van der Waals surface area (Å²) >= 11 is 0. The van der Waals surface area contributed by atoms with Crippen molar-refractivity contribution in [2.75, 3.05) is 33.0 Å². The van der Waals surface area contributed by atoms with Gasteiger partial charge in [-0.2, -0.15) is 0 Å². The van der Waals surface area contributed by atoms with Crippen LogP contribution in [0.4, 0.5) is 0 Å². The fourth-order valence-electron chi connectivity index (χ4n) is 3.50. The van der Waals surface area contributed by atoms with Gasteiger partial charge in [0.2, 0.25) is 12.7 Å². The summed E-state index contributed by atoms with van der Waals surface area (Å²) in [4.78, 5) is 32.7. The Balaban J connectivity index is 1.22. The lowest BCUT2D eigenvalue weighted by atomic mass is 10.1. The van der Waals surface area contributed by atoms with Crippen molar-refractivity contribution in [3.63, 3.8) is 0 Å². The number of hydrogen-bond donors (Lipinski definition) is 0. The molecule has 0 saturated carbocycles. The van der Waals surface area contributed by atoms with Gasteiger partial charge in [-0.3, -0.25) is 19.5 Å². The van der Waals surface area contributed by atoms with Crippen molar-refractivity contribution in [1.82, 2.24) is 14.8 Å². The van der Waals surface area contributed by atoms with Gasteiger partial charge in [-0.1, -0.05) is 6.07 Å². The Bertz CT molecular complexity index is 848. The number of aromatic nitrogens is 1. The Hall–Kier alpha value is -2.93. The first-order chi connectivity index (χ1) is 13.7. The number of Topliss-reactive ketones (excluding diaryl/α,β-unsaturated/α-hetero) is 1. The number of nitrogens with zero attached hydrogens (tertiary/aromatic N) is 3. The number of carbonyl (C=O) groups excluding carboxylic acids is 2. The highest BCUT2D eigenvalue weighted by Crippen LogP contribution is 2.32. The highest BCUT2D eigenvalue weighted by atomic mass is 16.7. The summed E-state index contributed by atoms with van der Waals surface area (Å²) in [6.07, 6.45) is 3.64. The van der Waals surface area contributed by atoms with Crippen LogP contribution in [0.25, 0.3) is 0 Å². The number of pyridine rings is 1. The van der Waals surface area contributed by atoms with E-state index in [1.54, 1.807) is 24.5 Å². The monoisotopic (exact) mass is 381 g/mol. The maximum absolute atomic E-state index is 12.4. The smallest absolute Gasteiger partial charge is 0.231 e. The number of ketones is 1. The number of carbonyl (C=O) groups is 2. The third-order valence-electron chi connectivity index (χ3n) is 5.12. The molecular formula is C21H23N3O4. The molecule has 146 valence electrons. The van der Waals surface area contributed by atoms with Gasteiger partial charge in [-0.15, -0.1) is 0 Å². The van der Waals surface area contributed by atoms with E-state index in [4.69, 9.17) is 9.47 Å². The van der Waals surface area contributed by atoms with Crippen LogP contribution in [0.1, 0.15) is 28.8 Å². The van der Waals surface area contributed by atoms with Gasteiger partial charge in [0.15, 0.2) is 17.3 Å². The fourth-order valence-corrected chi connectivity index (χ4v) is 3.50. The number of rotatable bonds is 6. The van der Waals surface area contributed by atoms with Crippen molar-refractivity contribution in [2.24, 2.45) is 0 Å². The summed E-state index contributed by atoms with van der Waals surface area (Å²) in [5.41, 5.74) is 1.73. The van der Waals surface area contributed by atoms with Crippen LogP contribution in [-0.4, -0.2) is 59.4 Å². The molecule has 2 aliphatic rings. The maximum Gasteiger partial charge on any atom is 0.231 e. The first kappa shape index (κ1) is 18.4. The Labute approximate surface area is 163 Å². The second-order valence-electron chi connectivity index (χ2n) is 7.01. The van der Waals surface area contributed by atoms with Crippen molar-refractivity contribution in [2.45, 2.75) is 19.4 Å². The van der Waals surface area contributed by atoms with Crippen molar-refractivity contribution in [1.29, 1.82) is 0 Å². The molecule has 0 atom stereocenters. The van der Waals surface area contributed by atoms with E-state index in [1.165, 1.54) is 5.56 Å². The van der Waals surface area contributed by atoms with Crippen LogP contribution in [0, 0.1) is 0 Å². The first-order valence-corrected chi connectivity index (χ1v) is 9.51. The lowest BCUT2D eigenvalue weighted by Crippen LogP contribution is -2.48. The van der Waals surface area contributed by atoms with Gasteiger partial charge in [0, 0.05) is 63.5 Å². The summed E-state index contributed by atoms with van der Waals surface area (Å²) in [5.74, 6) is 1.59. The average molecular weight is 381 g/mol. The van der Waals surface area contributed by atoms with Gasteiger partial charge < -0.3 is 14.4 Å². The Morgan fingerprint density at radius 2 is 1.82 bits per heavy atom. The molecule has 1 aromatic carbocycles. The first-order valence-electron chi connectivity index (χ1n) is 9.51. The highest BCUT2D eigenvalue weighted by Gasteiger charge is 2.22. The predicted molar refractivity (Wildman–Crippen MR) is 102 cm³/mol. The van der Waals surface area contributed by atoms with Gasteiger partial charge in [-0.05, 0) is 29.8 Å². The van der Waals surface area contributed by atoms with Crippen molar-refractivity contribution >= 4 is 11.7 Å². The quantitative estimate of drug-likeness (QED) is 0.714. The van der Waals surface area contributed by atoms with Crippen LogP contribution >= 0.6 is 0 Å². The van der Waals surface area contributed by atoms with E-state index in [9.17, 15) is 9.59 Å². The average Bonchev–Trinajstić information content (AvgIpc) is 3.21. The molecule has 1 aromatic heterocycles. The molecule has 0 bridgehead atoms. The van der Waals surface area contributed by atoms with Gasteiger partial charge in [-0.25, -0.2) is 0 Å². The molecular weight excluding hydrogens is 358 g/mol. The second-order valence-corrected chi connectivity index (χ2v) is 7.01. The van der Waals surface area contributed by atoms with Crippen molar-refractivity contribution in [3.8, 4) is 11.5 Å². The molecule has 1 amide bonds. The number of benzene rings is 1. The van der Waals surface area contributed by atoms with Crippen LogP contribution in [0.15, 0.2) is 42.7 Å². The molecule has 7 heteroatoms. The fraction of sp³-hybridized carbons (Fsp3) is 0.381. The summed E-state index contributed by atoms with van der Waals surface area (Å²) in [6, 6.07) is 9.47. The minimum atomic E-state index is -0.0390. The normalized spacial score (nSPS) is 16.2. The summed E-state index contributed by atoms with van der Waals surface area (Å²) in [6.45, 7) is 4.10. The molecule has 2 aromatic rings. The van der Waals surface area contributed by atoms with E-state index in [0.29, 0.717) is 18.7 Å². The Morgan fingerprint density at radius 3 is 2.61 bits per heavy atom. The van der Waals surface area contributed by atoms with E-state index in [0.717, 1.165) is 31.1 Å². The minimum Gasteiger partial charge on any atom is -0.454 e. The molecule has 0 N–H and O–H groups in total. The molecule has 1 fully saturated rings. The SMILES string of the molecule is O=C(CCC(=O)N1CCN(Cc2ccc3c(c2)OCO3)CC1)c1cccnc1. The molecule has 1 saturated heterocycles. The predicted octanol–water partition coefficient (Wildman–Crippen LogP) is 2.12. The van der Waals surface area contributed by atoms with Crippen LogP contribution in [0.3, 0.4) is 0 Å². The third-order valence-corrected chi connectivity index (χ3v) is 5.12. The van der Waals surface area contributed by atoms with Crippen LogP contribution in [0.5, 0.6) is 11.5 Å². The maximum atomic E-state index is 12.4. The zero-order valence-corrected chi connectivity index (χ0v) is 15.7. The van der Waals surface area contributed by atoms with E-state index in [-0.39, 0.29) is 31.3 Å². The van der Waals surface area contributed by atoms with Crippen molar-refractivity contribution in [3.05, 3.63) is 53.9 Å². The molecule has 4 rings (SSSR count). The zero-order chi connectivity index (χ0) is 19.3. The van der Waals surface area contributed by atoms with Crippen LogP contribution in [-0.2, 0) is 11.3 Å². The number of fused-ring (bicyclic) bond motifs is 1. The second kappa shape index (κ2) is 8.39. The highest BCUT2D eigenvalue weighted by molar-refractivity contribution is 5.97. The van der Waals surface area contributed by atoms with Gasteiger partial charge in [0.05, 0.1) is 0 Å². The van der Waals surface area contributed by atoms with E-state index >= 15 is 0 Å².